The molecule has 1 rings (SSSR count). The summed E-state index contributed by atoms with van der Waals surface area (Å²) in [6.07, 6.45) is 2.57. The zero-order chi connectivity index (χ0) is 10.4. The lowest BCUT2D eigenvalue weighted by Gasteiger charge is -2.11. The topological polar surface area (TPSA) is 26.0 Å². The molecule has 0 aliphatic heterocycles. The minimum Gasteiger partial charge on any atom is -0.329 e. The van der Waals surface area contributed by atoms with Crippen LogP contribution in [0.25, 0.3) is 0 Å². The van der Waals surface area contributed by atoms with E-state index >= 15 is 0 Å². The summed E-state index contributed by atoms with van der Waals surface area (Å²) in [6.45, 7) is 5.14. The molecule has 0 fully saturated rings. The van der Waals surface area contributed by atoms with E-state index in [1.165, 1.54) is 28.3 Å². The Morgan fingerprint density at radius 1 is 1.50 bits per heavy atom. The van der Waals surface area contributed by atoms with Crippen LogP contribution in [0.4, 0.5) is 0 Å². The van der Waals surface area contributed by atoms with E-state index in [1.54, 1.807) is 0 Å². The van der Waals surface area contributed by atoms with Gasteiger partial charge in [0.25, 0.3) is 0 Å². The molecule has 1 aromatic rings. The molecule has 0 aromatic carbocycles. The average molecular weight is 229 g/mol. The maximum absolute atomic E-state index is 5.78. The first-order valence-corrected chi connectivity index (χ1v) is 7.02. The highest BCUT2D eigenvalue weighted by molar-refractivity contribution is 7.99. The Bertz CT molecular complexity index is 258. The van der Waals surface area contributed by atoms with E-state index in [0.29, 0.717) is 5.25 Å². The van der Waals surface area contributed by atoms with Crippen molar-refractivity contribution in [1.82, 2.24) is 0 Å². The predicted molar refractivity (Wildman–Crippen MR) is 68.2 cm³/mol. The van der Waals surface area contributed by atoms with Gasteiger partial charge in [-0.25, -0.2) is 0 Å². The summed E-state index contributed by atoms with van der Waals surface area (Å²) in [5.41, 5.74) is 5.78. The normalized spacial score (nSPS) is 13.1. The van der Waals surface area contributed by atoms with Crippen molar-refractivity contribution in [2.24, 2.45) is 5.73 Å². The van der Waals surface area contributed by atoms with Crippen LogP contribution in [0.15, 0.2) is 12.1 Å². The number of nitrogens with two attached hydrogens (primary N) is 1. The number of aryl methyl sites for hydroxylation is 1. The summed E-state index contributed by atoms with van der Waals surface area (Å²) in [5, 5.41) is 0.514. The van der Waals surface area contributed by atoms with Gasteiger partial charge in [-0.3, -0.25) is 0 Å². The summed E-state index contributed by atoms with van der Waals surface area (Å²) in [6, 6.07) is 4.40. The van der Waals surface area contributed by atoms with E-state index in [0.717, 1.165) is 6.54 Å². The Kier molecular flexibility index (Phi) is 5.60. The van der Waals surface area contributed by atoms with Gasteiger partial charge in [-0.1, -0.05) is 13.3 Å². The van der Waals surface area contributed by atoms with Crippen LogP contribution in [-0.4, -0.2) is 12.3 Å². The van der Waals surface area contributed by atoms with Crippen molar-refractivity contribution in [3.05, 3.63) is 21.9 Å². The van der Waals surface area contributed by atoms with Crippen LogP contribution in [-0.2, 0) is 0 Å². The fraction of sp³-hybridized carbons (Fsp3) is 0.636. The molecule has 1 heterocycles. The molecule has 0 aliphatic carbocycles. The smallest absolute Gasteiger partial charge is 0.0513 e. The standard InChI is InChI=1S/C11H19NS2/c1-3-4-7-13-11(8-12)10-6-5-9(2)14-10/h5-6,11H,3-4,7-8,12H2,1-2H3. The third-order valence-electron chi connectivity index (χ3n) is 2.11. The molecule has 3 heteroatoms. The van der Waals surface area contributed by atoms with Gasteiger partial charge in [0.1, 0.15) is 0 Å². The molecule has 80 valence electrons. The maximum atomic E-state index is 5.78. The van der Waals surface area contributed by atoms with E-state index in [4.69, 9.17) is 5.73 Å². The van der Waals surface area contributed by atoms with Crippen molar-refractivity contribution < 1.29 is 0 Å². The van der Waals surface area contributed by atoms with Crippen molar-refractivity contribution >= 4 is 23.1 Å². The number of hydrogen-bond donors (Lipinski definition) is 1. The SMILES string of the molecule is CCCCSC(CN)c1ccc(C)s1. The van der Waals surface area contributed by atoms with Gasteiger partial charge in [0.15, 0.2) is 0 Å². The summed E-state index contributed by atoms with van der Waals surface area (Å²) in [7, 11) is 0. The molecule has 1 unspecified atom stereocenters. The molecule has 1 atom stereocenters. The molecule has 0 spiro atoms. The zero-order valence-corrected chi connectivity index (χ0v) is 10.6. The second-order valence-corrected chi connectivity index (χ2v) is 6.03. The molecule has 0 saturated carbocycles. The largest absolute Gasteiger partial charge is 0.329 e. The van der Waals surface area contributed by atoms with Crippen LogP contribution < -0.4 is 5.73 Å². The molecule has 2 N–H and O–H groups in total. The van der Waals surface area contributed by atoms with E-state index in [1.807, 2.05) is 23.1 Å². The Labute approximate surface area is 95.1 Å². The molecule has 0 bridgehead atoms. The molecule has 14 heavy (non-hydrogen) atoms. The molecule has 0 amide bonds. The highest BCUT2D eigenvalue weighted by Gasteiger charge is 2.11. The zero-order valence-electron chi connectivity index (χ0n) is 8.95. The lowest BCUT2D eigenvalue weighted by molar-refractivity contribution is 0.886. The van der Waals surface area contributed by atoms with Crippen LogP contribution >= 0.6 is 23.1 Å². The van der Waals surface area contributed by atoms with Crippen LogP contribution in [0.3, 0.4) is 0 Å². The molecular weight excluding hydrogens is 210 g/mol. The summed E-state index contributed by atoms with van der Waals surface area (Å²) in [5.74, 6) is 1.23. The van der Waals surface area contributed by atoms with Gasteiger partial charge in [-0.2, -0.15) is 11.8 Å². The second-order valence-electron chi connectivity index (χ2n) is 3.40. The van der Waals surface area contributed by atoms with Crippen molar-refractivity contribution in [3.8, 4) is 0 Å². The van der Waals surface area contributed by atoms with Crippen LogP contribution in [0.5, 0.6) is 0 Å². The minimum atomic E-state index is 0.514. The van der Waals surface area contributed by atoms with E-state index in [2.05, 4.69) is 26.0 Å². The van der Waals surface area contributed by atoms with Gasteiger partial charge in [0.2, 0.25) is 0 Å². The summed E-state index contributed by atoms with van der Waals surface area (Å²) in [4.78, 5) is 2.82. The van der Waals surface area contributed by atoms with Crippen LogP contribution in [0.1, 0.15) is 34.8 Å². The Morgan fingerprint density at radius 2 is 2.29 bits per heavy atom. The predicted octanol–water partition coefficient (Wildman–Crippen LogP) is 3.59. The Hall–Kier alpha value is 0.01000. The van der Waals surface area contributed by atoms with Crippen molar-refractivity contribution in [2.75, 3.05) is 12.3 Å². The van der Waals surface area contributed by atoms with Gasteiger partial charge in [-0.05, 0) is 31.2 Å². The van der Waals surface area contributed by atoms with Crippen molar-refractivity contribution in [1.29, 1.82) is 0 Å². The van der Waals surface area contributed by atoms with E-state index in [-0.39, 0.29) is 0 Å². The third kappa shape index (κ3) is 3.64. The fourth-order valence-corrected chi connectivity index (χ4v) is 3.60. The molecule has 0 saturated heterocycles. The highest BCUT2D eigenvalue weighted by Crippen LogP contribution is 2.33. The molecule has 0 radical (unpaired) electrons. The maximum Gasteiger partial charge on any atom is 0.0513 e. The molecular formula is C11H19NS2. The number of unbranched alkanes of at least 4 members (excludes halogenated alkanes) is 1. The summed E-state index contributed by atoms with van der Waals surface area (Å²) < 4.78 is 0. The number of rotatable bonds is 6. The second kappa shape index (κ2) is 6.49. The van der Waals surface area contributed by atoms with Gasteiger partial charge in [0, 0.05) is 16.3 Å². The highest BCUT2D eigenvalue weighted by atomic mass is 32.2. The van der Waals surface area contributed by atoms with Gasteiger partial charge < -0.3 is 5.73 Å². The van der Waals surface area contributed by atoms with Gasteiger partial charge >= 0.3 is 0 Å². The molecule has 0 aliphatic rings. The minimum absolute atomic E-state index is 0.514. The Balaban J connectivity index is 2.45. The lowest BCUT2D eigenvalue weighted by Crippen LogP contribution is -2.08. The van der Waals surface area contributed by atoms with Crippen molar-refractivity contribution in [2.45, 2.75) is 31.9 Å². The first kappa shape index (κ1) is 12.1. The number of thioether (sulfide) groups is 1. The first-order chi connectivity index (χ1) is 6.77. The van der Waals surface area contributed by atoms with E-state index in [9.17, 15) is 0 Å². The fourth-order valence-electron chi connectivity index (χ4n) is 1.26. The van der Waals surface area contributed by atoms with Crippen LogP contribution in [0.2, 0.25) is 0 Å². The van der Waals surface area contributed by atoms with E-state index < -0.39 is 0 Å². The quantitative estimate of drug-likeness (QED) is 0.754. The monoisotopic (exact) mass is 229 g/mol. The summed E-state index contributed by atoms with van der Waals surface area (Å²) >= 11 is 3.88. The number of thiophene rings is 1. The van der Waals surface area contributed by atoms with Crippen LogP contribution in [0, 0.1) is 6.92 Å². The molecule has 1 nitrogen and oxygen atoms in total. The molecule has 1 aromatic heterocycles. The first-order valence-electron chi connectivity index (χ1n) is 5.16. The van der Waals surface area contributed by atoms with Gasteiger partial charge in [-0.15, -0.1) is 11.3 Å². The average Bonchev–Trinajstić information content (AvgIpc) is 2.60. The van der Waals surface area contributed by atoms with Crippen molar-refractivity contribution in [3.63, 3.8) is 0 Å². The Morgan fingerprint density at radius 3 is 2.79 bits per heavy atom. The van der Waals surface area contributed by atoms with Gasteiger partial charge in [0.05, 0.1) is 5.25 Å². The third-order valence-corrected chi connectivity index (χ3v) is 4.75. The lowest BCUT2D eigenvalue weighted by atomic mass is 10.3. The number of hydrogen-bond acceptors (Lipinski definition) is 3.